The molecule has 3 heteroatoms. The molecule has 0 atom stereocenters. The summed E-state index contributed by atoms with van der Waals surface area (Å²) < 4.78 is 7.28. The Morgan fingerprint density at radius 2 is 0.687 bits per heavy atom. The number of benzene rings is 11. The van der Waals surface area contributed by atoms with Crippen LogP contribution < -0.4 is 9.80 Å². The SMILES string of the molecule is c1ccc(-c2ccc(N(c3ccccc3-c3ccccc3)c3ccc(N(c4ccccc4)c4ccc(-c5ccccc5-c5ccccc5)cc4)c4c3oc3cc5ccccc5cc34)cc2)cc1. The van der Waals surface area contributed by atoms with Gasteiger partial charge in [-0.15, -0.1) is 0 Å². The molecule has 11 aromatic carbocycles. The van der Waals surface area contributed by atoms with Gasteiger partial charge in [0.15, 0.2) is 5.58 Å². The Bertz CT molecular complexity index is 3660. The number of para-hydroxylation sites is 2. The van der Waals surface area contributed by atoms with E-state index in [1.807, 2.05) is 0 Å². The number of anilines is 6. The number of rotatable bonds is 10. The van der Waals surface area contributed by atoms with Gasteiger partial charge in [0.25, 0.3) is 0 Å². The molecule has 12 aromatic rings. The van der Waals surface area contributed by atoms with Gasteiger partial charge in [0.2, 0.25) is 0 Å². The van der Waals surface area contributed by atoms with Crippen molar-refractivity contribution in [1.29, 1.82) is 0 Å². The second kappa shape index (κ2) is 17.2. The van der Waals surface area contributed by atoms with Gasteiger partial charge in [-0.3, -0.25) is 0 Å². The van der Waals surface area contributed by atoms with E-state index < -0.39 is 0 Å². The lowest BCUT2D eigenvalue weighted by atomic mass is 9.94. The van der Waals surface area contributed by atoms with Gasteiger partial charge in [-0.05, 0) is 116 Å². The van der Waals surface area contributed by atoms with E-state index in [4.69, 9.17) is 4.42 Å². The predicted molar refractivity (Wildman–Crippen MR) is 282 cm³/mol. The largest absolute Gasteiger partial charge is 0.454 e. The first-order valence-corrected chi connectivity index (χ1v) is 22.8. The fourth-order valence-corrected chi connectivity index (χ4v) is 9.67. The second-order valence-electron chi connectivity index (χ2n) is 16.9. The fraction of sp³-hybridized carbons (Fsp3) is 0. The minimum atomic E-state index is 0.798. The van der Waals surface area contributed by atoms with Crippen LogP contribution in [0.2, 0.25) is 0 Å². The highest BCUT2D eigenvalue weighted by Crippen LogP contribution is 2.51. The Balaban J connectivity index is 1.09. The Hall–Kier alpha value is -8.92. The van der Waals surface area contributed by atoms with Crippen LogP contribution in [0, 0.1) is 0 Å². The third kappa shape index (κ3) is 7.39. The average Bonchev–Trinajstić information content (AvgIpc) is 3.79. The van der Waals surface area contributed by atoms with E-state index in [1.165, 1.54) is 22.3 Å². The summed E-state index contributed by atoms with van der Waals surface area (Å²) in [6, 6.07) is 95.3. The van der Waals surface area contributed by atoms with E-state index in [1.54, 1.807) is 0 Å². The summed E-state index contributed by atoms with van der Waals surface area (Å²) in [5.41, 5.74) is 17.1. The van der Waals surface area contributed by atoms with Crippen LogP contribution in [0.1, 0.15) is 0 Å². The topological polar surface area (TPSA) is 19.6 Å². The van der Waals surface area contributed by atoms with Gasteiger partial charge < -0.3 is 14.2 Å². The maximum Gasteiger partial charge on any atom is 0.161 e. The third-order valence-electron chi connectivity index (χ3n) is 12.9. The van der Waals surface area contributed by atoms with Gasteiger partial charge >= 0.3 is 0 Å². The van der Waals surface area contributed by atoms with Crippen molar-refractivity contribution in [1.82, 2.24) is 0 Å². The minimum absolute atomic E-state index is 0.798. The molecule has 0 spiro atoms. The Labute approximate surface area is 390 Å². The van der Waals surface area contributed by atoms with E-state index >= 15 is 0 Å². The van der Waals surface area contributed by atoms with E-state index in [2.05, 4.69) is 277 Å². The van der Waals surface area contributed by atoms with Crippen molar-refractivity contribution in [3.8, 4) is 44.5 Å². The summed E-state index contributed by atoms with van der Waals surface area (Å²) in [6.07, 6.45) is 0. The van der Waals surface area contributed by atoms with Crippen molar-refractivity contribution < 1.29 is 4.42 Å². The van der Waals surface area contributed by atoms with Crippen LogP contribution in [0.5, 0.6) is 0 Å². The molecule has 0 saturated carbocycles. The lowest BCUT2D eigenvalue weighted by Crippen LogP contribution is -2.13. The van der Waals surface area contributed by atoms with Crippen LogP contribution in [0.3, 0.4) is 0 Å². The van der Waals surface area contributed by atoms with Crippen molar-refractivity contribution in [3.05, 3.63) is 267 Å². The molecule has 3 nitrogen and oxygen atoms in total. The maximum absolute atomic E-state index is 7.28. The summed E-state index contributed by atoms with van der Waals surface area (Å²) in [5, 5.41) is 4.37. The van der Waals surface area contributed by atoms with Crippen LogP contribution >= 0.6 is 0 Å². The molecule has 0 unspecified atom stereocenters. The first-order valence-electron chi connectivity index (χ1n) is 22.8. The summed E-state index contributed by atoms with van der Waals surface area (Å²) in [7, 11) is 0. The van der Waals surface area contributed by atoms with E-state index in [0.717, 1.165) is 89.1 Å². The van der Waals surface area contributed by atoms with Gasteiger partial charge in [0.05, 0.1) is 22.4 Å². The number of hydrogen-bond acceptors (Lipinski definition) is 3. The molecule has 0 amide bonds. The average molecular weight is 857 g/mol. The highest BCUT2D eigenvalue weighted by Gasteiger charge is 2.27. The number of fused-ring (bicyclic) bond motifs is 4. The smallest absolute Gasteiger partial charge is 0.161 e. The van der Waals surface area contributed by atoms with Crippen LogP contribution in [0.15, 0.2) is 271 Å². The maximum atomic E-state index is 7.28. The molecule has 0 radical (unpaired) electrons. The molecule has 0 fully saturated rings. The van der Waals surface area contributed by atoms with Crippen molar-refractivity contribution >= 4 is 66.8 Å². The Kier molecular flexibility index (Phi) is 10.2. The van der Waals surface area contributed by atoms with Crippen molar-refractivity contribution in [2.45, 2.75) is 0 Å². The minimum Gasteiger partial charge on any atom is -0.454 e. The van der Waals surface area contributed by atoms with Gasteiger partial charge in [-0.1, -0.05) is 200 Å². The number of furan rings is 1. The zero-order valence-corrected chi connectivity index (χ0v) is 36.7. The summed E-state index contributed by atoms with van der Waals surface area (Å²) in [4.78, 5) is 4.75. The first kappa shape index (κ1) is 39.7. The summed E-state index contributed by atoms with van der Waals surface area (Å²) >= 11 is 0. The van der Waals surface area contributed by atoms with Gasteiger partial charge in [-0.25, -0.2) is 0 Å². The van der Waals surface area contributed by atoms with E-state index in [-0.39, 0.29) is 0 Å². The summed E-state index contributed by atoms with van der Waals surface area (Å²) in [5.74, 6) is 0. The molecule has 0 aliphatic carbocycles. The lowest BCUT2D eigenvalue weighted by Gasteiger charge is -2.30. The van der Waals surface area contributed by atoms with Crippen molar-refractivity contribution in [2.75, 3.05) is 9.80 Å². The second-order valence-corrected chi connectivity index (χ2v) is 16.9. The predicted octanol–water partition coefficient (Wildman–Crippen LogP) is 18.3. The van der Waals surface area contributed by atoms with Gasteiger partial charge in [-0.2, -0.15) is 0 Å². The van der Waals surface area contributed by atoms with E-state index in [9.17, 15) is 0 Å². The normalized spacial score (nSPS) is 11.3. The first-order chi connectivity index (χ1) is 33.2. The molecule has 1 heterocycles. The van der Waals surface area contributed by atoms with Crippen LogP contribution in [-0.4, -0.2) is 0 Å². The van der Waals surface area contributed by atoms with Crippen molar-refractivity contribution in [2.24, 2.45) is 0 Å². The van der Waals surface area contributed by atoms with Crippen LogP contribution in [-0.2, 0) is 0 Å². The quantitative estimate of drug-likeness (QED) is 0.137. The highest BCUT2D eigenvalue weighted by atomic mass is 16.3. The molecule has 1 aromatic heterocycles. The molecular formula is C64H44N2O. The molecule has 316 valence electrons. The number of hydrogen-bond donors (Lipinski definition) is 0. The van der Waals surface area contributed by atoms with Crippen molar-refractivity contribution in [3.63, 3.8) is 0 Å². The Morgan fingerprint density at radius 3 is 1.31 bits per heavy atom. The molecule has 12 rings (SSSR count). The molecule has 0 aliphatic heterocycles. The van der Waals surface area contributed by atoms with E-state index in [0.29, 0.717) is 0 Å². The molecule has 0 bridgehead atoms. The molecule has 0 aliphatic rings. The third-order valence-corrected chi connectivity index (χ3v) is 12.9. The number of nitrogens with zero attached hydrogens (tertiary/aromatic N) is 2. The molecule has 0 N–H and O–H groups in total. The zero-order valence-electron chi connectivity index (χ0n) is 36.7. The van der Waals surface area contributed by atoms with Gasteiger partial charge in [0, 0.05) is 28.0 Å². The standard InChI is InChI=1S/C64H44N2O/c1-5-19-45(20-6-1)46-33-37-54(38-34-46)66(59-32-18-17-31-57(59)48-23-9-3-10-24-48)61-42-41-60(63-58-43-50-25-13-14-26-51(50)44-62(58)67-64(61)63)65(52-27-11-4-12-28-52)53-39-35-49(36-40-53)56-30-16-15-29-55(56)47-21-7-2-8-22-47/h1-44H. The summed E-state index contributed by atoms with van der Waals surface area (Å²) in [6.45, 7) is 0. The lowest BCUT2D eigenvalue weighted by molar-refractivity contribution is 0.669. The molecular weight excluding hydrogens is 813 g/mol. The molecule has 67 heavy (non-hydrogen) atoms. The Morgan fingerprint density at radius 1 is 0.269 bits per heavy atom. The molecule has 0 saturated heterocycles. The van der Waals surface area contributed by atoms with Gasteiger partial charge in [0.1, 0.15) is 5.58 Å². The van der Waals surface area contributed by atoms with Crippen LogP contribution in [0.4, 0.5) is 34.1 Å². The highest BCUT2D eigenvalue weighted by molar-refractivity contribution is 6.20. The fourth-order valence-electron chi connectivity index (χ4n) is 9.67. The zero-order chi connectivity index (χ0) is 44.5. The van der Waals surface area contributed by atoms with Crippen LogP contribution in [0.25, 0.3) is 77.2 Å². The monoisotopic (exact) mass is 856 g/mol.